The molecule has 1 aromatic heterocycles. The molecular formula is C11H21N3O2S2. The zero-order chi connectivity index (χ0) is 13.8. The Hall–Kier alpha value is -0.500. The van der Waals surface area contributed by atoms with Crippen molar-refractivity contribution in [3.63, 3.8) is 0 Å². The van der Waals surface area contributed by atoms with Crippen LogP contribution in [0.25, 0.3) is 0 Å². The summed E-state index contributed by atoms with van der Waals surface area (Å²) in [5.41, 5.74) is 1.09. The standard InChI is InChI=1S/C11H21N3O2S2/c1-11(2,3)10-14-9(8-17-10)7-12-5-6-13-18(4,15)16/h8,12-13H,5-7H2,1-4H3. The Kier molecular flexibility index (Phi) is 5.27. The predicted molar refractivity (Wildman–Crippen MR) is 75.4 cm³/mol. The van der Waals surface area contributed by atoms with Crippen LogP contribution < -0.4 is 10.0 Å². The number of hydrogen-bond donors (Lipinski definition) is 2. The lowest BCUT2D eigenvalue weighted by molar-refractivity contribution is 0.574. The Morgan fingerprint density at radius 3 is 2.50 bits per heavy atom. The van der Waals surface area contributed by atoms with Gasteiger partial charge in [0.05, 0.1) is 17.0 Å². The van der Waals surface area contributed by atoms with Crippen molar-refractivity contribution in [2.45, 2.75) is 32.7 Å². The van der Waals surface area contributed by atoms with E-state index in [2.05, 4.69) is 35.8 Å². The lowest BCUT2D eigenvalue weighted by Gasteiger charge is -2.13. The van der Waals surface area contributed by atoms with Crippen LogP contribution in [0, 0.1) is 0 Å². The molecule has 0 amide bonds. The largest absolute Gasteiger partial charge is 0.310 e. The van der Waals surface area contributed by atoms with Crippen molar-refractivity contribution in [3.05, 3.63) is 16.1 Å². The van der Waals surface area contributed by atoms with Crippen LogP contribution in [0.5, 0.6) is 0 Å². The maximum Gasteiger partial charge on any atom is 0.208 e. The van der Waals surface area contributed by atoms with Crippen molar-refractivity contribution in [2.75, 3.05) is 19.3 Å². The van der Waals surface area contributed by atoms with Crippen LogP contribution in [-0.2, 0) is 22.0 Å². The third-order valence-corrected chi connectivity index (χ3v) is 4.21. The van der Waals surface area contributed by atoms with Gasteiger partial charge in [-0.05, 0) is 0 Å². The highest BCUT2D eigenvalue weighted by Gasteiger charge is 2.17. The Labute approximate surface area is 113 Å². The minimum absolute atomic E-state index is 0.0841. The lowest BCUT2D eigenvalue weighted by atomic mass is 9.98. The third-order valence-electron chi connectivity index (χ3n) is 2.17. The molecule has 2 N–H and O–H groups in total. The Morgan fingerprint density at radius 1 is 1.33 bits per heavy atom. The van der Waals surface area contributed by atoms with E-state index in [9.17, 15) is 8.42 Å². The first-order chi connectivity index (χ1) is 8.18. The minimum atomic E-state index is -3.09. The molecule has 0 spiro atoms. The van der Waals surface area contributed by atoms with Gasteiger partial charge in [-0.25, -0.2) is 18.1 Å². The SMILES string of the molecule is CC(C)(C)c1nc(CNCCNS(C)(=O)=O)cs1. The second-order valence-corrected chi connectivity index (χ2v) is 7.93. The second-order valence-electron chi connectivity index (χ2n) is 5.24. The summed E-state index contributed by atoms with van der Waals surface area (Å²) in [6, 6.07) is 0. The van der Waals surface area contributed by atoms with Crippen molar-refractivity contribution in [1.29, 1.82) is 0 Å². The average Bonchev–Trinajstić information content (AvgIpc) is 2.63. The van der Waals surface area contributed by atoms with Crippen molar-refractivity contribution < 1.29 is 8.42 Å². The molecule has 0 aliphatic rings. The molecule has 0 unspecified atom stereocenters. The van der Waals surface area contributed by atoms with Gasteiger partial charge in [-0.15, -0.1) is 11.3 Å². The minimum Gasteiger partial charge on any atom is -0.310 e. The quantitative estimate of drug-likeness (QED) is 0.769. The summed E-state index contributed by atoms with van der Waals surface area (Å²) in [5, 5.41) is 6.31. The maximum atomic E-state index is 10.8. The fourth-order valence-corrected chi connectivity index (χ4v) is 2.65. The van der Waals surface area contributed by atoms with E-state index in [0.29, 0.717) is 19.6 Å². The van der Waals surface area contributed by atoms with Crippen LogP contribution in [0.4, 0.5) is 0 Å². The molecule has 18 heavy (non-hydrogen) atoms. The van der Waals surface area contributed by atoms with Crippen LogP contribution in [0.1, 0.15) is 31.5 Å². The van der Waals surface area contributed by atoms with Gasteiger partial charge in [0.15, 0.2) is 0 Å². The second kappa shape index (κ2) is 6.10. The highest BCUT2D eigenvalue weighted by atomic mass is 32.2. The smallest absolute Gasteiger partial charge is 0.208 e. The molecule has 1 rings (SSSR count). The summed E-state index contributed by atoms with van der Waals surface area (Å²) in [6.07, 6.45) is 1.16. The Balaban J connectivity index is 2.30. The number of rotatable bonds is 6. The molecule has 0 aromatic carbocycles. The molecule has 5 nitrogen and oxygen atoms in total. The molecule has 0 fully saturated rings. The maximum absolute atomic E-state index is 10.8. The van der Waals surface area contributed by atoms with Crippen molar-refractivity contribution in [3.8, 4) is 0 Å². The first-order valence-electron chi connectivity index (χ1n) is 5.79. The number of nitrogens with zero attached hydrogens (tertiary/aromatic N) is 1. The average molecular weight is 291 g/mol. The summed E-state index contributed by atoms with van der Waals surface area (Å²) in [4.78, 5) is 4.55. The van der Waals surface area contributed by atoms with Gasteiger partial charge in [-0.2, -0.15) is 0 Å². The van der Waals surface area contributed by atoms with Crippen LogP contribution in [-0.4, -0.2) is 32.7 Å². The molecule has 0 aliphatic carbocycles. The number of nitrogens with one attached hydrogen (secondary N) is 2. The molecule has 0 saturated carbocycles. The van der Waals surface area contributed by atoms with Crippen LogP contribution in [0.15, 0.2) is 5.38 Å². The van der Waals surface area contributed by atoms with E-state index in [1.54, 1.807) is 11.3 Å². The van der Waals surface area contributed by atoms with Gasteiger partial charge in [0.1, 0.15) is 0 Å². The highest BCUT2D eigenvalue weighted by Crippen LogP contribution is 2.25. The first-order valence-corrected chi connectivity index (χ1v) is 8.56. The van der Waals surface area contributed by atoms with Crippen molar-refractivity contribution in [1.82, 2.24) is 15.0 Å². The molecular weight excluding hydrogens is 270 g/mol. The van der Waals surface area contributed by atoms with E-state index >= 15 is 0 Å². The van der Waals surface area contributed by atoms with Gasteiger partial charge in [0.25, 0.3) is 0 Å². The summed E-state index contributed by atoms with van der Waals surface area (Å²) in [6.45, 7) is 8.07. The molecule has 7 heteroatoms. The first kappa shape index (κ1) is 15.6. The van der Waals surface area contributed by atoms with Gasteiger partial charge in [-0.1, -0.05) is 20.8 Å². The van der Waals surface area contributed by atoms with Gasteiger partial charge < -0.3 is 5.32 Å². The fourth-order valence-electron chi connectivity index (χ4n) is 1.27. The van der Waals surface area contributed by atoms with E-state index in [1.165, 1.54) is 0 Å². The lowest BCUT2D eigenvalue weighted by Crippen LogP contribution is -2.30. The number of sulfonamides is 1. The number of hydrogen-bond acceptors (Lipinski definition) is 5. The molecule has 0 radical (unpaired) electrons. The van der Waals surface area contributed by atoms with Crippen LogP contribution in [0.3, 0.4) is 0 Å². The predicted octanol–water partition coefficient (Wildman–Crippen LogP) is 1.08. The van der Waals surface area contributed by atoms with Crippen LogP contribution in [0.2, 0.25) is 0 Å². The number of aromatic nitrogens is 1. The summed E-state index contributed by atoms with van der Waals surface area (Å²) in [7, 11) is -3.09. The van der Waals surface area contributed by atoms with Gasteiger partial charge in [0.2, 0.25) is 10.0 Å². The highest BCUT2D eigenvalue weighted by molar-refractivity contribution is 7.88. The molecule has 0 saturated heterocycles. The Bertz CT molecular complexity index is 475. The van der Waals surface area contributed by atoms with E-state index in [1.807, 2.05) is 5.38 Å². The molecule has 0 bridgehead atoms. The van der Waals surface area contributed by atoms with Gasteiger partial charge in [-0.3, -0.25) is 0 Å². The van der Waals surface area contributed by atoms with Gasteiger partial charge >= 0.3 is 0 Å². The van der Waals surface area contributed by atoms with Crippen molar-refractivity contribution in [2.24, 2.45) is 0 Å². The topological polar surface area (TPSA) is 71.1 Å². The normalized spacial score (nSPS) is 12.9. The third kappa shape index (κ3) is 5.90. The van der Waals surface area contributed by atoms with Crippen LogP contribution >= 0.6 is 11.3 Å². The number of thiazole rings is 1. The summed E-state index contributed by atoms with van der Waals surface area (Å²) < 4.78 is 24.1. The van der Waals surface area contributed by atoms with E-state index in [4.69, 9.17) is 0 Å². The monoisotopic (exact) mass is 291 g/mol. The summed E-state index contributed by atoms with van der Waals surface area (Å²) in [5.74, 6) is 0. The van der Waals surface area contributed by atoms with E-state index in [0.717, 1.165) is 17.0 Å². The molecule has 1 heterocycles. The zero-order valence-electron chi connectivity index (χ0n) is 11.3. The zero-order valence-corrected chi connectivity index (χ0v) is 12.9. The van der Waals surface area contributed by atoms with Gasteiger partial charge in [0, 0.05) is 30.4 Å². The van der Waals surface area contributed by atoms with E-state index in [-0.39, 0.29) is 5.41 Å². The molecule has 0 aliphatic heterocycles. The van der Waals surface area contributed by atoms with Crippen molar-refractivity contribution >= 4 is 21.4 Å². The summed E-state index contributed by atoms with van der Waals surface area (Å²) >= 11 is 1.66. The Morgan fingerprint density at radius 2 is 2.00 bits per heavy atom. The fraction of sp³-hybridized carbons (Fsp3) is 0.727. The molecule has 0 atom stereocenters. The molecule has 1 aromatic rings. The van der Waals surface area contributed by atoms with E-state index < -0.39 is 10.0 Å². The molecule has 104 valence electrons.